The van der Waals surface area contributed by atoms with Crippen molar-refractivity contribution < 1.29 is 4.79 Å². The fourth-order valence-corrected chi connectivity index (χ4v) is 4.32. The van der Waals surface area contributed by atoms with Gasteiger partial charge in [-0.1, -0.05) is 30.3 Å². The zero-order chi connectivity index (χ0) is 18.6. The van der Waals surface area contributed by atoms with E-state index in [0.717, 1.165) is 51.7 Å². The van der Waals surface area contributed by atoms with Crippen LogP contribution in [-0.4, -0.2) is 39.8 Å². The molecule has 0 radical (unpaired) electrons. The summed E-state index contributed by atoms with van der Waals surface area (Å²) in [7, 11) is 1.98. The molecule has 2 N–H and O–H groups in total. The van der Waals surface area contributed by atoms with E-state index in [9.17, 15) is 4.79 Å². The van der Waals surface area contributed by atoms with Gasteiger partial charge in [-0.15, -0.1) is 0 Å². The lowest BCUT2D eigenvalue weighted by Gasteiger charge is -2.33. The van der Waals surface area contributed by atoms with Gasteiger partial charge < -0.3 is 10.6 Å². The van der Waals surface area contributed by atoms with Crippen molar-refractivity contribution in [3.05, 3.63) is 53.3 Å². The normalized spacial score (nSPS) is 20.9. The van der Waals surface area contributed by atoms with Crippen LogP contribution in [0, 0.1) is 0 Å². The van der Waals surface area contributed by atoms with Crippen LogP contribution in [0.4, 0.5) is 4.79 Å². The lowest BCUT2D eigenvalue weighted by atomic mass is 9.93. The molecule has 1 aromatic heterocycles. The molecular formula is C21H29N5O. The van der Waals surface area contributed by atoms with Crippen molar-refractivity contribution >= 4 is 6.03 Å². The summed E-state index contributed by atoms with van der Waals surface area (Å²) >= 11 is 0. The maximum Gasteiger partial charge on any atom is 0.315 e. The van der Waals surface area contributed by atoms with Crippen LogP contribution in [-0.2, 0) is 20.0 Å². The molecule has 1 atom stereocenters. The van der Waals surface area contributed by atoms with Crippen molar-refractivity contribution in [2.45, 2.75) is 50.7 Å². The maximum absolute atomic E-state index is 12.5. The number of aryl methyl sites for hydroxylation is 1. The third-order valence-electron chi connectivity index (χ3n) is 5.85. The molecule has 6 nitrogen and oxygen atoms in total. The summed E-state index contributed by atoms with van der Waals surface area (Å²) in [6, 6.07) is 10.9. The summed E-state index contributed by atoms with van der Waals surface area (Å²) in [6.45, 7) is 3.04. The Labute approximate surface area is 160 Å². The summed E-state index contributed by atoms with van der Waals surface area (Å²) in [5.41, 5.74) is 3.78. The highest BCUT2D eigenvalue weighted by Gasteiger charge is 2.26. The first kappa shape index (κ1) is 18.0. The van der Waals surface area contributed by atoms with Crippen LogP contribution in [0.2, 0.25) is 0 Å². The van der Waals surface area contributed by atoms with Crippen molar-refractivity contribution in [1.82, 2.24) is 25.3 Å². The molecule has 0 bridgehead atoms. The van der Waals surface area contributed by atoms with E-state index in [-0.39, 0.29) is 18.1 Å². The number of hydrogen-bond donors (Lipinski definition) is 2. The number of rotatable bonds is 4. The second-order valence-corrected chi connectivity index (χ2v) is 7.77. The molecule has 2 aromatic rings. The molecule has 2 amide bonds. The average molecular weight is 367 g/mol. The predicted molar refractivity (Wildman–Crippen MR) is 105 cm³/mol. The lowest BCUT2D eigenvalue weighted by molar-refractivity contribution is 0.185. The number of hydrogen-bond acceptors (Lipinski definition) is 3. The number of nitrogens with zero attached hydrogens (tertiary/aromatic N) is 3. The van der Waals surface area contributed by atoms with E-state index in [1.807, 2.05) is 17.9 Å². The SMILES string of the molecule is Cn1ncc2c1CCC[C@H]2NC(=O)NC1CCN(Cc2ccccc2)CC1. The molecule has 0 spiro atoms. The number of nitrogens with one attached hydrogen (secondary N) is 2. The molecular weight excluding hydrogens is 338 g/mol. The van der Waals surface area contributed by atoms with Gasteiger partial charge in [0.25, 0.3) is 0 Å². The minimum Gasteiger partial charge on any atom is -0.335 e. The van der Waals surface area contributed by atoms with Crippen LogP contribution in [0.1, 0.15) is 48.5 Å². The number of amides is 2. The number of carbonyl (C=O) groups excluding carboxylic acids is 1. The van der Waals surface area contributed by atoms with Gasteiger partial charge in [0, 0.05) is 44.0 Å². The van der Waals surface area contributed by atoms with Crippen LogP contribution in [0.25, 0.3) is 0 Å². The van der Waals surface area contributed by atoms with E-state index in [4.69, 9.17) is 0 Å². The Morgan fingerprint density at radius 1 is 1.15 bits per heavy atom. The summed E-state index contributed by atoms with van der Waals surface area (Å²) in [5, 5.41) is 10.7. The van der Waals surface area contributed by atoms with Gasteiger partial charge in [-0.2, -0.15) is 5.10 Å². The second-order valence-electron chi connectivity index (χ2n) is 7.77. The number of benzene rings is 1. The zero-order valence-electron chi connectivity index (χ0n) is 16.0. The molecule has 144 valence electrons. The fraction of sp³-hybridized carbons (Fsp3) is 0.524. The molecule has 0 unspecified atom stereocenters. The Balaban J connectivity index is 1.24. The largest absolute Gasteiger partial charge is 0.335 e. The van der Waals surface area contributed by atoms with Gasteiger partial charge in [-0.3, -0.25) is 9.58 Å². The van der Waals surface area contributed by atoms with Crippen molar-refractivity contribution in [3.63, 3.8) is 0 Å². The molecule has 0 saturated carbocycles. The van der Waals surface area contributed by atoms with Gasteiger partial charge in [-0.05, 0) is 37.7 Å². The molecule has 4 rings (SSSR count). The highest BCUT2D eigenvalue weighted by atomic mass is 16.2. The van der Waals surface area contributed by atoms with Gasteiger partial charge in [0.1, 0.15) is 0 Å². The van der Waals surface area contributed by atoms with Gasteiger partial charge in [0.2, 0.25) is 0 Å². The van der Waals surface area contributed by atoms with Crippen LogP contribution in [0.15, 0.2) is 36.5 Å². The van der Waals surface area contributed by atoms with Gasteiger partial charge in [-0.25, -0.2) is 4.79 Å². The minimum absolute atomic E-state index is 0.0433. The first-order valence-electron chi connectivity index (χ1n) is 10.0. The number of likely N-dealkylation sites (tertiary alicyclic amines) is 1. The molecule has 2 aliphatic rings. The van der Waals surface area contributed by atoms with E-state index in [0.29, 0.717) is 0 Å². The molecule has 6 heteroatoms. The Kier molecular flexibility index (Phi) is 5.43. The van der Waals surface area contributed by atoms with Crippen molar-refractivity contribution in [3.8, 4) is 0 Å². The van der Waals surface area contributed by atoms with Crippen LogP contribution >= 0.6 is 0 Å². The van der Waals surface area contributed by atoms with Crippen LogP contribution < -0.4 is 10.6 Å². The van der Waals surface area contributed by atoms with E-state index in [1.165, 1.54) is 16.8 Å². The standard InChI is InChI=1S/C21H29N5O/c1-25-20-9-5-8-19(18(20)14-22-25)24-21(27)23-17-10-12-26(13-11-17)15-16-6-3-2-4-7-16/h2-4,6-7,14,17,19H,5,8-13,15H2,1H3,(H2,23,24,27)/t19-/m1/s1. The van der Waals surface area contributed by atoms with E-state index >= 15 is 0 Å². The Bertz CT molecular complexity index is 764. The first-order valence-corrected chi connectivity index (χ1v) is 10.0. The number of carbonyl (C=O) groups is 1. The molecule has 1 aliphatic carbocycles. The first-order chi connectivity index (χ1) is 13.2. The topological polar surface area (TPSA) is 62.2 Å². The van der Waals surface area contributed by atoms with E-state index in [1.54, 1.807) is 0 Å². The molecule has 1 fully saturated rings. The third kappa shape index (κ3) is 4.33. The molecule has 2 heterocycles. The molecule has 1 saturated heterocycles. The third-order valence-corrected chi connectivity index (χ3v) is 5.85. The zero-order valence-corrected chi connectivity index (χ0v) is 16.0. The van der Waals surface area contributed by atoms with Crippen LogP contribution in [0.3, 0.4) is 0 Å². The number of fused-ring (bicyclic) bond motifs is 1. The smallest absolute Gasteiger partial charge is 0.315 e. The average Bonchev–Trinajstić information content (AvgIpc) is 3.06. The number of aromatic nitrogens is 2. The maximum atomic E-state index is 12.5. The second kappa shape index (κ2) is 8.13. The number of piperidine rings is 1. The van der Waals surface area contributed by atoms with Crippen molar-refractivity contribution in [2.24, 2.45) is 7.05 Å². The van der Waals surface area contributed by atoms with E-state index in [2.05, 4.69) is 51.0 Å². The lowest BCUT2D eigenvalue weighted by Crippen LogP contribution is -2.48. The number of urea groups is 1. The van der Waals surface area contributed by atoms with Crippen molar-refractivity contribution in [2.75, 3.05) is 13.1 Å². The highest BCUT2D eigenvalue weighted by Crippen LogP contribution is 2.29. The predicted octanol–water partition coefficient (Wildman–Crippen LogP) is 2.76. The molecule has 27 heavy (non-hydrogen) atoms. The summed E-state index contributed by atoms with van der Waals surface area (Å²) in [4.78, 5) is 15.0. The van der Waals surface area contributed by atoms with Gasteiger partial charge in [0.15, 0.2) is 0 Å². The molecule has 1 aromatic carbocycles. The summed E-state index contributed by atoms with van der Waals surface area (Å²) in [6.07, 6.45) is 7.04. The van der Waals surface area contributed by atoms with Gasteiger partial charge in [0.05, 0.1) is 12.2 Å². The quantitative estimate of drug-likeness (QED) is 0.873. The van der Waals surface area contributed by atoms with E-state index < -0.39 is 0 Å². The fourth-order valence-electron chi connectivity index (χ4n) is 4.32. The Morgan fingerprint density at radius 2 is 1.93 bits per heavy atom. The minimum atomic E-state index is -0.0433. The summed E-state index contributed by atoms with van der Waals surface area (Å²) in [5.74, 6) is 0. The van der Waals surface area contributed by atoms with Gasteiger partial charge >= 0.3 is 6.03 Å². The summed E-state index contributed by atoms with van der Waals surface area (Å²) < 4.78 is 1.93. The monoisotopic (exact) mass is 367 g/mol. The highest BCUT2D eigenvalue weighted by molar-refractivity contribution is 5.74. The molecule has 1 aliphatic heterocycles. The Morgan fingerprint density at radius 3 is 2.70 bits per heavy atom. The Hall–Kier alpha value is -2.34. The van der Waals surface area contributed by atoms with Crippen molar-refractivity contribution in [1.29, 1.82) is 0 Å². The van der Waals surface area contributed by atoms with Crippen LogP contribution in [0.5, 0.6) is 0 Å².